The molecule has 0 bridgehead atoms. The fourth-order valence-corrected chi connectivity index (χ4v) is 6.48. The average molecular weight is 576 g/mol. The standard InChI is InChI=1S/C31H30ClN3O4S/c1-18-15-22(35(37)38)10-13-24(18)26-14-11-23(39-26)17-33-30-28(29(36)34-21-8-6-20(32)7-9-21)25-12-5-19(31(2,3)4)16-27(25)40-30/h6-11,13-15,17,19H,5,12,16H2,1-4H3,(H,34,36)/t19-/m0/s1. The van der Waals surface area contributed by atoms with Crippen LogP contribution in [0.15, 0.2) is 64.0 Å². The Labute approximate surface area is 242 Å². The van der Waals surface area contributed by atoms with Gasteiger partial charge in [0.2, 0.25) is 0 Å². The van der Waals surface area contributed by atoms with Crippen molar-refractivity contribution in [2.75, 3.05) is 5.32 Å². The lowest BCUT2D eigenvalue weighted by molar-refractivity contribution is -0.384. The van der Waals surface area contributed by atoms with Crippen LogP contribution in [0, 0.1) is 28.4 Å². The topological polar surface area (TPSA) is 97.7 Å². The van der Waals surface area contributed by atoms with Crippen molar-refractivity contribution in [1.82, 2.24) is 0 Å². The normalized spacial score (nSPS) is 15.3. The van der Waals surface area contributed by atoms with E-state index >= 15 is 0 Å². The van der Waals surface area contributed by atoms with Gasteiger partial charge in [0.05, 0.1) is 16.7 Å². The zero-order valence-electron chi connectivity index (χ0n) is 22.8. The Balaban J connectivity index is 1.46. The van der Waals surface area contributed by atoms with Crippen LogP contribution in [0.25, 0.3) is 11.3 Å². The third-order valence-electron chi connectivity index (χ3n) is 7.42. The highest BCUT2D eigenvalue weighted by Gasteiger charge is 2.33. The Kier molecular flexibility index (Phi) is 7.66. The summed E-state index contributed by atoms with van der Waals surface area (Å²) in [6.07, 6.45) is 4.40. The van der Waals surface area contributed by atoms with Gasteiger partial charge >= 0.3 is 0 Å². The molecule has 1 N–H and O–H groups in total. The molecule has 0 fully saturated rings. The number of nitro groups is 1. The molecule has 9 heteroatoms. The number of aryl methyl sites for hydroxylation is 1. The van der Waals surface area contributed by atoms with Gasteiger partial charge in [-0.2, -0.15) is 0 Å². The molecule has 0 saturated heterocycles. The highest BCUT2D eigenvalue weighted by Crippen LogP contribution is 2.45. The van der Waals surface area contributed by atoms with E-state index in [1.165, 1.54) is 17.0 Å². The molecule has 0 radical (unpaired) electrons. The first-order valence-corrected chi connectivity index (χ1v) is 14.3. The van der Waals surface area contributed by atoms with Gasteiger partial charge in [0.1, 0.15) is 16.5 Å². The molecule has 7 nitrogen and oxygen atoms in total. The fourth-order valence-electron chi connectivity index (χ4n) is 5.09. The van der Waals surface area contributed by atoms with E-state index in [1.807, 2.05) is 13.0 Å². The van der Waals surface area contributed by atoms with E-state index in [0.717, 1.165) is 36.0 Å². The van der Waals surface area contributed by atoms with Crippen molar-refractivity contribution in [3.63, 3.8) is 0 Å². The van der Waals surface area contributed by atoms with E-state index in [9.17, 15) is 14.9 Å². The van der Waals surface area contributed by atoms with Crippen LogP contribution in [0.3, 0.4) is 0 Å². The van der Waals surface area contributed by atoms with Crippen molar-refractivity contribution < 1.29 is 14.1 Å². The van der Waals surface area contributed by atoms with Crippen LogP contribution in [0.2, 0.25) is 5.02 Å². The minimum Gasteiger partial charge on any atom is -0.455 e. The molecule has 0 aliphatic heterocycles. The lowest BCUT2D eigenvalue weighted by atomic mass is 9.72. The molecule has 40 heavy (non-hydrogen) atoms. The van der Waals surface area contributed by atoms with Crippen molar-refractivity contribution in [2.45, 2.75) is 47.0 Å². The molecular weight excluding hydrogens is 546 g/mol. The summed E-state index contributed by atoms with van der Waals surface area (Å²) in [4.78, 5) is 30.2. The first-order chi connectivity index (χ1) is 19.0. The van der Waals surface area contributed by atoms with Gasteiger partial charge in [0.15, 0.2) is 0 Å². The lowest BCUT2D eigenvalue weighted by Gasteiger charge is -2.33. The zero-order valence-corrected chi connectivity index (χ0v) is 24.4. The number of furan rings is 1. The van der Waals surface area contributed by atoms with Gasteiger partial charge in [0.25, 0.3) is 11.6 Å². The summed E-state index contributed by atoms with van der Waals surface area (Å²) >= 11 is 7.59. The van der Waals surface area contributed by atoms with Crippen LogP contribution < -0.4 is 5.32 Å². The van der Waals surface area contributed by atoms with Gasteiger partial charge in [-0.05, 0) is 91.1 Å². The van der Waals surface area contributed by atoms with Crippen LogP contribution >= 0.6 is 22.9 Å². The van der Waals surface area contributed by atoms with Gasteiger partial charge in [-0.25, -0.2) is 4.99 Å². The number of hydrogen-bond acceptors (Lipinski definition) is 6. The van der Waals surface area contributed by atoms with Crippen molar-refractivity contribution in [3.8, 4) is 11.3 Å². The summed E-state index contributed by atoms with van der Waals surface area (Å²) in [7, 11) is 0. The van der Waals surface area contributed by atoms with Gasteiger partial charge in [0, 0.05) is 33.3 Å². The number of nitrogens with zero attached hydrogens (tertiary/aromatic N) is 2. The predicted molar refractivity (Wildman–Crippen MR) is 161 cm³/mol. The van der Waals surface area contributed by atoms with Crippen LogP contribution in [0.5, 0.6) is 0 Å². The number of benzene rings is 2. The third-order valence-corrected chi connectivity index (χ3v) is 8.84. The molecule has 5 rings (SSSR count). The number of anilines is 1. The molecule has 0 saturated carbocycles. The molecule has 0 unspecified atom stereocenters. The number of hydrogen-bond donors (Lipinski definition) is 1. The number of non-ortho nitro benzene ring substituents is 1. The second-order valence-electron chi connectivity index (χ2n) is 11.2. The number of amides is 1. The Morgan fingerprint density at radius 1 is 1.18 bits per heavy atom. The highest BCUT2D eigenvalue weighted by molar-refractivity contribution is 7.16. The van der Waals surface area contributed by atoms with E-state index in [4.69, 9.17) is 21.0 Å². The summed E-state index contributed by atoms with van der Waals surface area (Å²) < 4.78 is 6.02. The van der Waals surface area contributed by atoms with Gasteiger partial charge in [-0.15, -0.1) is 11.3 Å². The first-order valence-electron chi connectivity index (χ1n) is 13.1. The Morgan fingerprint density at radius 2 is 1.93 bits per heavy atom. The predicted octanol–water partition coefficient (Wildman–Crippen LogP) is 9.03. The quantitative estimate of drug-likeness (QED) is 0.141. The number of rotatable bonds is 6. The maximum atomic E-state index is 13.6. The SMILES string of the molecule is Cc1cc([N+](=O)[O-])ccc1-c1ccc(C=Nc2sc3c(c2C(=O)Nc2ccc(Cl)cc2)CC[C@H](C(C)(C)C)C3)o1. The van der Waals surface area contributed by atoms with Crippen LogP contribution in [-0.4, -0.2) is 17.0 Å². The second-order valence-corrected chi connectivity index (χ2v) is 12.7. The molecule has 2 heterocycles. The van der Waals surface area contributed by atoms with E-state index in [-0.39, 0.29) is 17.0 Å². The Morgan fingerprint density at radius 3 is 2.60 bits per heavy atom. The molecule has 1 atom stereocenters. The number of carbonyl (C=O) groups excluding carboxylic acids is 1. The molecule has 2 aromatic heterocycles. The summed E-state index contributed by atoms with van der Waals surface area (Å²) in [6.45, 7) is 8.62. The van der Waals surface area contributed by atoms with Crippen LogP contribution in [0.4, 0.5) is 16.4 Å². The fraction of sp³-hybridized carbons (Fsp3) is 0.290. The van der Waals surface area contributed by atoms with Crippen molar-refractivity contribution >= 4 is 51.4 Å². The minimum absolute atomic E-state index is 0.0364. The summed E-state index contributed by atoms with van der Waals surface area (Å²) in [5.74, 6) is 1.45. The van der Waals surface area contributed by atoms with Gasteiger partial charge < -0.3 is 9.73 Å². The molecule has 1 aliphatic rings. The highest BCUT2D eigenvalue weighted by atomic mass is 35.5. The number of aliphatic imine (C=N–C) groups is 1. The minimum atomic E-state index is -0.415. The monoisotopic (exact) mass is 575 g/mol. The summed E-state index contributed by atoms with van der Waals surface area (Å²) in [5.41, 5.74) is 4.08. The van der Waals surface area contributed by atoms with E-state index in [1.54, 1.807) is 53.9 Å². The molecule has 0 spiro atoms. The summed E-state index contributed by atoms with van der Waals surface area (Å²) in [6, 6.07) is 15.3. The largest absolute Gasteiger partial charge is 0.455 e. The smallest absolute Gasteiger partial charge is 0.269 e. The number of carbonyl (C=O) groups is 1. The zero-order chi connectivity index (χ0) is 28.6. The van der Waals surface area contributed by atoms with Crippen molar-refractivity contribution in [1.29, 1.82) is 0 Å². The number of thiophene rings is 1. The average Bonchev–Trinajstić information content (AvgIpc) is 3.52. The summed E-state index contributed by atoms with van der Waals surface area (Å²) in [5, 5.41) is 15.3. The van der Waals surface area contributed by atoms with Crippen LogP contribution in [0.1, 0.15) is 59.3 Å². The Hall–Kier alpha value is -3.75. The van der Waals surface area contributed by atoms with E-state index in [2.05, 4.69) is 26.1 Å². The van der Waals surface area contributed by atoms with E-state index in [0.29, 0.717) is 38.7 Å². The third kappa shape index (κ3) is 5.88. The number of nitro benzene ring substituents is 1. The maximum Gasteiger partial charge on any atom is 0.269 e. The number of fused-ring (bicyclic) bond motifs is 1. The van der Waals surface area contributed by atoms with Crippen molar-refractivity contribution in [2.24, 2.45) is 16.3 Å². The van der Waals surface area contributed by atoms with Crippen molar-refractivity contribution in [3.05, 3.63) is 97.1 Å². The molecule has 2 aromatic carbocycles. The molecular formula is C31H30ClN3O4S. The maximum absolute atomic E-state index is 13.6. The Bertz CT molecular complexity index is 1610. The molecule has 1 amide bonds. The van der Waals surface area contributed by atoms with Crippen LogP contribution in [-0.2, 0) is 12.8 Å². The second kappa shape index (κ2) is 11.0. The number of halogens is 1. The van der Waals surface area contributed by atoms with E-state index < -0.39 is 4.92 Å². The lowest BCUT2D eigenvalue weighted by Crippen LogP contribution is -2.27. The number of nitrogens with one attached hydrogen (secondary N) is 1. The molecule has 4 aromatic rings. The van der Waals surface area contributed by atoms with Gasteiger partial charge in [-0.3, -0.25) is 14.9 Å². The molecule has 206 valence electrons. The first kappa shape index (κ1) is 27.8. The molecule has 1 aliphatic carbocycles. The van der Waals surface area contributed by atoms with Gasteiger partial charge in [-0.1, -0.05) is 32.4 Å².